The Hall–Kier alpha value is -2.17. The smallest absolute Gasteiger partial charge is 0.246 e. The number of rotatable bonds is 6. The van der Waals surface area contributed by atoms with E-state index in [0.717, 1.165) is 29.0 Å². The molecule has 0 N–H and O–H groups in total. The molecule has 0 spiro atoms. The maximum atomic E-state index is 12.7. The second-order valence-electron chi connectivity index (χ2n) is 6.44. The number of halogens is 2. The van der Waals surface area contributed by atoms with Crippen LogP contribution in [0.3, 0.4) is 0 Å². The Morgan fingerprint density at radius 3 is 2.39 bits per heavy atom. The highest BCUT2D eigenvalue weighted by molar-refractivity contribution is 6.35. The summed E-state index contributed by atoms with van der Waals surface area (Å²) in [7, 11) is 0. The van der Waals surface area contributed by atoms with E-state index in [1.807, 2.05) is 30.9 Å². The maximum absolute atomic E-state index is 12.7. The topological polar surface area (TPSA) is 38.8 Å². The van der Waals surface area contributed by atoms with E-state index >= 15 is 0 Å². The summed E-state index contributed by atoms with van der Waals surface area (Å²) in [6.07, 6.45) is 4.06. The number of carbonyl (C=O) groups is 1. The lowest BCUT2D eigenvalue weighted by Gasteiger charge is -2.29. The molecule has 0 saturated heterocycles. The third-order valence-electron chi connectivity index (χ3n) is 4.56. The van der Waals surface area contributed by atoms with Gasteiger partial charge in [0.15, 0.2) is 11.5 Å². The van der Waals surface area contributed by atoms with Gasteiger partial charge in [-0.1, -0.05) is 29.3 Å². The van der Waals surface area contributed by atoms with Crippen LogP contribution in [-0.2, 0) is 17.8 Å². The van der Waals surface area contributed by atoms with E-state index in [1.54, 1.807) is 30.4 Å². The first-order chi connectivity index (χ1) is 13.5. The number of fused-ring (bicyclic) bond motifs is 1. The fourth-order valence-corrected chi connectivity index (χ4v) is 3.66. The standard InChI is InChI=1S/C22H23Cl2NO3/c1-3-27-20-11-16-9-10-25(14-17(16)12-21(20)28-4-2)22(26)8-6-15-5-7-18(23)13-19(15)24/h5-8,11-13H,3-4,9-10,14H2,1-2H3/b8-6+. The molecule has 1 amide bonds. The van der Waals surface area contributed by atoms with Crippen molar-refractivity contribution in [3.63, 3.8) is 0 Å². The zero-order valence-corrected chi connectivity index (χ0v) is 17.5. The summed E-state index contributed by atoms with van der Waals surface area (Å²) < 4.78 is 11.4. The van der Waals surface area contributed by atoms with Crippen molar-refractivity contribution in [2.24, 2.45) is 0 Å². The Balaban J connectivity index is 1.75. The fourth-order valence-electron chi connectivity index (χ4n) is 3.19. The van der Waals surface area contributed by atoms with Gasteiger partial charge in [0.1, 0.15) is 0 Å². The van der Waals surface area contributed by atoms with Gasteiger partial charge in [0.05, 0.1) is 13.2 Å². The summed E-state index contributed by atoms with van der Waals surface area (Å²) in [6.45, 7) is 6.24. The van der Waals surface area contributed by atoms with Crippen molar-refractivity contribution < 1.29 is 14.3 Å². The molecule has 28 heavy (non-hydrogen) atoms. The van der Waals surface area contributed by atoms with Crippen LogP contribution < -0.4 is 9.47 Å². The molecule has 1 heterocycles. The Morgan fingerprint density at radius 2 is 1.75 bits per heavy atom. The molecule has 0 aromatic heterocycles. The van der Waals surface area contributed by atoms with Gasteiger partial charge in [0.25, 0.3) is 0 Å². The molecule has 0 radical (unpaired) electrons. The zero-order valence-electron chi connectivity index (χ0n) is 16.0. The van der Waals surface area contributed by atoms with Crippen LogP contribution in [0.5, 0.6) is 11.5 Å². The molecule has 0 unspecified atom stereocenters. The highest BCUT2D eigenvalue weighted by atomic mass is 35.5. The largest absolute Gasteiger partial charge is 0.490 e. The van der Waals surface area contributed by atoms with Crippen molar-refractivity contribution in [1.29, 1.82) is 0 Å². The minimum Gasteiger partial charge on any atom is -0.490 e. The molecule has 0 bridgehead atoms. The Kier molecular flexibility index (Phi) is 6.87. The van der Waals surface area contributed by atoms with Gasteiger partial charge < -0.3 is 14.4 Å². The molecule has 0 fully saturated rings. The van der Waals surface area contributed by atoms with E-state index in [0.29, 0.717) is 36.3 Å². The molecular formula is C22H23Cl2NO3. The number of ether oxygens (including phenoxy) is 2. The van der Waals surface area contributed by atoms with Crippen molar-refractivity contribution in [1.82, 2.24) is 4.90 Å². The second kappa shape index (κ2) is 9.35. The molecule has 6 heteroatoms. The lowest BCUT2D eigenvalue weighted by atomic mass is 9.98. The van der Waals surface area contributed by atoms with Gasteiger partial charge >= 0.3 is 0 Å². The van der Waals surface area contributed by atoms with Crippen LogP contribution >= 0.6 is 23.2 Å². The molecule has 148 valence electrons. The highest BCUT2D eigenvalue weighted by Gasteiger charge is 2.22. The second-order valence-corrected chi connectivity index (χ2v) is 7.29. The monoisotopic (exact) mass is 419 g/mol. The maximum Gasteiger partial charge on any atom is 0.246 e. The van der Waals surface area contributed by atoms with Gasteiger partial charge in [-0.3, -0.25) is 4.79 Å². The molecule has 3 rings (SSSR count). The van der Waals surface area contributed by atoms with Gasteiger partial charge in [0.2, 0.25) is 5.91 Å². The van der Waals surface area contributed by atoms with E-state index in [2.05, 4.69) is 0 Å². The van der Waals surface area contributed by atoms with Crippen LogP contribution in [0.1, 0.15) is 30.5 Å². The third-order valence-corrected chi connectivity index (χ3v) is 5.12. The first-order valence-electron chi connectivity index (χ1n) is 9.35. The summed E-state index contributed by atoms with van der Waals surface area (Å²) in [5, 5.41) is 1.09. The number of amides is 1. The summed E-state index contributed by atoms with van der Waals surface area (Å²) in [5.74, 6) is 1.43. The zero-order chi connectivity index (χ0) is 20.1. The van der Waals surface area contributed by atoms with Crippen LogP contribution in [0.4, 0.5) is 0 Å². The van der Waals surface area contributed by atoms with Crippen molar-refractivity contribution in [3.8, 4) is 11.5 Å². The van der Waals surface area contributed by atoms with Gasteiger partial charge in [-0.25, -0.2) is 0 Å². The summed E-state index contributed by atoms with van der Waals surface area (Å²) >= 11 is 12.1. The lowest BCUT2D eigenvalue weighted by Crippen LogP contribution is -2.34. The molecule has 0 aliphatic carbocycles. The normalized spacial score (nSPS) is 13.5. The van der Waals surface area contributed by atoms with Crippen LogP contribution in [0, 0.1) is 0 Å². The first-order valence-corrected chi connectivity index (χ1v) is 10.1. The number of hydrogen-bond donors (Lipinski definition) is 0. The van der Waals surface area contributed by atoms with E-state index in [9.17, 15) is 4.79 Å². The third kappa shape index (κ3) is 4.81. The van der Waals surface area contributed by atoms with Gasteiger partial charge in [-0.05, 0) is 67.3 Å². The molecular weight excluding hydrogens is 397 g/mol. The van der Waals surface area contributed by atoms with Crippen LogP contribution in [0.2, 0.25) is 10.0 Å². The molecule has 2 aromatic carbocycles. The molecule has 2 aromatic rings. The van der Waals surface area contributed by atoms with Crippen LogP contribution in [0.15, 0.2) is 36.4 Å². The minimum atomic E-state index is -0.0523. The predicted molar refractivity (Wildman–Crippen MR) is 113 cm³/mol. The minimum absolute atomic E-state index is 0.0523. The molecule has 0 atom stereocenters. The Bertz CT molecular complexity index is 896. The Morgan fingerprint density at radius 1 is 1.07 bits per heavy atom. The summed E-state index contributed by atoms with van der Waals surface area (Å²) in [6, 6.07) is 9.23. The SMILES string of the molecule is CCOc1cc2c(cc1OCC)CN(C(=O)/C=C/c1ccc(Cl)cc1Cl)CC2. The fraction of sp³-hybridized carbons (Fsp3) is 0.318. The van der Waals surface area contributed by atoms with Crippen LogP contribution in [0.25, 0.3) is 6.08 Å². The predicted octanol–water partition coefficient (Wildman–Crippen LogP) is 5.39. The van der Waals surface area contributed by atoms with E-state index in [-0.39, 0.29) is 5.91 Å². The number of carbonyl (C=O) groups excluding carboxylic acids is 1. The van der Waals surface area contributed by atoms with E-state index < -0.39 is 0 Å². The lowest BCUT2D eigenvalue weighted by molar-refractivity contribution is -0.126. The van der Waals surface area contributed by atoms with Crippen molar-refractivity contribution in [3.05, 3.63) is 63.1 Å². The molecule has 4 nitrogen and oxygen atoms in total. The number of nitrogens with zero attached hydrogens (tertiary/aromatic N) is 1. The van der Waals surface area contributed by atoms with Gasteiger partial charge in [-0.2, -0.15) is 0 Å². The highest BCUT2D eigenvalue weighted by Crippen LogP contribution is 2.34. The van der Waals surface area contributed by atoms with Crippen molar-refractivity contribution >= 4 is 35.2 Å². The quantitative estimate of drug-likeness (QED) is 0.589. The number of hydrogen-bond acceptors (Lipinski definition) is 3. The average molecular weight is 420 g/mol. The number of benzene rings is 2. The summed E-state index contributed by atoms with van der Waals surface area (Å²) in [5.41, 5.74) is 3.04. The van der Waals surface area contributed by atoms with Gasteiger partial charge in [0, 0.05) is 29.2 Å². The van der Waals surface area contributed by atoms with Crippen molar-refractivity contribution in [2.45, 2.75) is 26.8 Å². The summed E-state index contributed by atoms with van der Waals surface area (Å²) in [4.78, 5) is 14.5. The van der Waals surface area contributed by atoms with E-state index in [4.69, 9.17) is 32.7 Å². The first kappa shape index (κ1) is 20.6. The molecule has 0 saturated carbocycles. The average Bonchev–Trinajstić information content (AvgIpc) is 2.67. The Labute approximate surface area is 175 Å². The molecule has 1 aliphatic rings. The van der Waals surface area contributed by atoms with Crippen molar-refractivity contribution in [2.75, 3.05) is 19.8 Å². The van der Waals surface area contributed by atoms with E-state index in [1.165, 1.54) is 5.56 Å². The van der Waals surface area contributed by atoms with Crippen LogP contribution in [-0.4, -0.2) is 30.6 Å². The van der Waals surface area contributed by atoms with Gasteiger partial charge in [-0.15, -0.1) is 0 Å². The molecule has 1 aliphatic heterocycles.